The molecule has 0 aliphatic heterocycles. The van der Waals surface area contributed by atoms with Crippen LogP contribution in [0.2, 0.25) is 0 Å². The topological polar surface area (TPSA) is 37.3 Å². The van der Waals surface area contributed by atoms with Crippen LogP contribution in [0, 0.1) is 11.8 Å². The summed E-state index contributed by atoms with van der Waals surface area (Å²) in [7, 11) is 0. The van der Waals surface area contributed by atoms with Crippen molar-refractivity contribution in [1.29, 1.82) is 0 Å². The maximum atomic E-state index is 10.3. The van der Waals surface area contributed by atoms with Gasteiger partial charge in [0.05, 0.1) is 6.42 Å². The highest BCUT2D eigenvalue weighted by Gasteiger charge is 1.96. The van der Waals surface area contributed by atoms with Crippen LogP contribution in [0.5, 0.6) is 0 Å². The second kappa shape index (κ2) is 4.88. The molecule has 2 heteroatoms. The third-order valence-corrected chi connectivity index (χ3v) is 1.52. The van der Waals surface area contributed by atoms with Gasteiger partial charge in [-0.05, 0) is 12.1 Å². The number of aliphatic carboxylic acids is 1. The van der Waals surface area contributed by atoms with Crippen LogP contribution in [0.15, 0.2) is 42.5 Å². The molecule has 0 fully saturated rings. The average Bonchev–Trinajstić information content (AvgIpc) is 2.15. The zero-order chi connectivity index (χ0) is 10.4. The van der Waals surface area contributed by atoms with E-state index in [1.165, 1.54) is 0 Å². The predicted octanol–water partition coefficient (Wildman–Crippen LogP) is 2.07. The van der Waals surface area contributed by atoms with Gasteiger partial charge in [-0.2, -0.15) is 0 Å². The largest absolute Gasteiger partial charge is 0.481 e. The summed E-state index contributed by atoms with van der Waals surface area (Å²) in [5.74, 6) is 4.64. The highest BCUT2D eigenvalue weighted by atomic mass is 16.4. The van der Waals surface area contributed by atoms with Gasteiger partial charge < -0.3 is 5.11 Å². The normalized spacial score (nSPS) is 8.57. The minimum Gasteiger partial charge on any atom is -0.481 e. The number of rotatable bonds is 2. The fraction of sp³-hybridized carbons (Fsp3) is 0.0833. The van der Waals surface area contributed by atoms with Crippen molar-refractivity contribution in [2.24, 2.45) is 0 Å². The Bertz CT molecular complexity index is 393. The minimum absolute atomic E-state index is 0.0974. The Morgan fingerprint density at radius 3 is 2.57 bits per heavy atom. The van der Waals surface area contributed by atoms with Crippen molar-refractivity contribution in [3.8, 4) is 11.8 Å². The molecular weight excluding hydrogens is 176 g/mol. The van der Waals surface area contributed by atoms with Gasteiger partial charge in [0.25, 0.3) is 0 Å². The number of carbonyl (C=O) groups is 1. The van der Waals surface area contributed by atoms with Crippen LogP contribution >= 0.6 is 0 Å². The zero-order valence-electron chi connectivity index (χ0n) is 7.66. The summed E-state index contributed by atoms with van der Waals surface area (Å²) in [5, 5.41) is 8.45. The van der Waals surface area contributed by atoms with Gasteiger partial charge in [-0.15, -0.1) is 0 Å². The molecule has 1 aromatic carbocycles. The van der Waals surface area contributed by atoms with E-state index in [9.17, 15) is 4.79 Å². The van der Waals surface area contributed by atoms with Crippen molar-refractivity contribution in [3.63, 3.8) is 0 Å². The lowest BCUT2D eigenvalue weighted by molar-refractivity contribution is -0.136. The quantitative estimate of drug-likeness (QED) is 0.718. The summed E-state index contributed by atoms with van der Waals surface area (Å²) in [5.41, 5.74) is 1.28. The smallest absolute Gasteiger partial charge is 0.308 e. The van der Waals surface area contributed by atoms with Gasteiger partial charge in [0.1, 0.15) is 0 Å². The molecule has 0 heterocycles. The molecule has 70 valence electrons. The van der Waals surface area contributed by atoms with Crippen LogP contribution in [0.25, 0.3) is 0 Å². The van der Waals surface area contributed by atoms with E-state index in [0.29, 0.717) is 5.57 Å². The molecule has 0 aliphatic rings. The van der Waals surface area contributed by atoms with Crippen molar-refractivity contribution in [3.05, 3.63) is 48.0 Å². The Kier molecular flexibility index (Phi) is 3.51. The van der Waals surface area contributed by atoms with Crippen molar-refractivity contribution >= 4 is 5.97 Å². The van der Waals surface area contributed by atoms with Crippen LogP contribution in [0.1, 0.15) is 12.0 Å². The average molecular weight is 186 g/mol. The molecule has 0 atom stereocenters. The number of carboxylic acids is 1. The third kappa shape index (κ3) is 3.59. The number of hydrogen-bond donors (Lipinski definition) is 1. The molecule has 0 saturated heterocycles. The number of carboxylic acid groups (broad SMARTS) is 1. The maximum absolute atomic E-state index is 10.3. The lowest BCUT2D eigenvalue weighted by atomic mass is 10.2. The van der Waals surface area contributed by atoms with E-state index in [1.54, 1.807) is 0 Å². The summed E-state index contributed by atoms with van der Waals surface area (Å²) < 4.78 is 0. The number of hydrogen-bond acceptors (Lipinski definition) is 1. The Balaban J connectivity index is 2.65. The summed E-state index contributed by atoms with van der Waals surface area (Å²) in [4.78, 5) is 10.3. The molecule has 0 aromatic heterocycles. The Labute approximate surface area is 82.9 Å². The summed E-state index contributed by atoms with van der Waals surface area (Å²) in [6, 6.07) is 9.38. The summed E-state index contributed by atoms with van der Waals surface area (Å²) in [6.07, 6.45) is -0.0974. The SMILES string of the molecule is C=C(C#Cc1ccccc1)CC(=O)O. The zero-order valence-corrected chi connectivity index (χ0v) is 7.66. The molecule has 1 aromatic rings. The van der Waals surface area contributed by atoms with Crippen LogP contribution in [0.3, 0.4) is 0 Å². The Morgan fingerprint density at radius 1 is 1.36 bits per heavy atom. The van der Waals surface area contributed by atoms with Crippen LogP contribution in [-0.4, -0.2) is 11.1 Å². The van der Waals surface area contributed by atoms with Crippen LogP contribution in [-0.2, 0) is 4.79 Å². The Morgan fingerprint density at radius 2 is 2.00 bits per heavy atom. The van der Waals surface area contributed by atoms with E-state index in [0.717, 1.165) is 5.56 Å². The first-order chi connectivity index (χ1) is 6.68. The van der Waals surface area contributed by atoms with E-state index in [1.807, 2.05) is 30.3 Å². The first-order valence-corrected chi connectivity index (χ1v) is 4.15. The second-order valence-electron chi connectivity index (χ2n) is 2.79. The van der Waals surface area contributed by atoms with Gasteiger partial charge in [-0.1, -0.05) is 36.6 Å². The van der Waals surface area contributed by atoms with Gasteiger partial charge in [0, 0.05) is 11.1 Å². The highest BCUT2D eigenvalue weighted by molar-refractivity contribution is 5.71. The lowest BCUT2D eigenvalue weighted by Crippen LogP contribution is -1.94. The van der Waals surface area contributed by atoms with Gasteiger partial charge >= 0.3 is 5.97 Å². The molecule has 0 aliphatic carbocycles. The van der Waals surface area contributed by atoms with Gasteiger partial charge in [-0.25, -0.2) is 0 Å². The standard InChI is InChI=1S/C12H10O2/c1-10(9-12(13)14)7-8-11-5-3-2-4-6-11/h2-6H,1,9H2,(H,13,14). The molecular formula is C12H10O2. The number of benzene rings is 1. The van der Waals surface area contributed by atoms with Gasteiger partial charge in [-0.3, -0.25) is 4.79 Å². The molecule has 0 saturated carbocycles. The summed E-state index contributed by atoms with van der Waals surface area (Å²) in [6.45, 7) is 3.56. The molecule has 0 radical (unpaired) electrons. The highest BCUT2D eigenvalue weighted by Crippen LogP contribution is 1.98. The molecule has 0 amide bonds. The molecule has 0 spiro atoms. The molecule has 1 rings (SSSR count). The molecule has 0 bridgehead atoms. The van der Waals surface area contributed by atoms with Crippen molar-refractivity contribution in [2.45, 2.75) is 6.42 Å². The fourth-order valence-electron chi connectivity index (χ4n) is 0.909. The second-order valence-corrected chi connectivity index (χ2v) is 2.79. The van der Waals surface area contributed by atoms with E-state index in [2.05, 4.69) is 18.4 Å². The third-order valence-electron chi connectivity index (χ3n) is 1.52. The predicted molar refractivity (Wildman–Crippen MR) is 54.7 cm³/mol. The first kappa shape index (κ1) is 10.1. The van der Waals surface area contributed by atoms with E-state index < -0.39 is 5.97 Å². The lowest BCUT2D eigenvalue weighted by Gasteiger charge is -1.90. The first-order valence-electron chi connectivity index (χ1n) is 4.15. The van der Waals surface area contributed by atoms with E-state index in [4.69, 9.17) is 5.11 Å². The van der Waals surface area contributed by atoms with Gasteiger partial charge in [0.15, 0.2) is 0 Å². The van der Waals surface area contributed by atoms with Crippen molar-refractivity contribution in [2.75, 3.05) is 0 Å². The Hall–Kier alpha value is -2.01. The van der Waals surface area contributed by atoms with E-state index >= 15 is 0 Å². The fourth-order valence-corrected chi connectivity index (χ4v) is 0.909. The van der Waals surface area contributed by atoms with Crippen LogP contribution in [0.4, 0.5) is 0 Å². The monoisotopic (exact) mass is 186 g/mol. The van der Waals surface area contributed by atoms with Crippen LogP contribution < -0.4 is 0 Å². The molecule has 1 N–H and O–H groups in total. The van der Waals surface area contributed by atoms with Gasteiger partial charge in [0.2, 0.25) is 0 Å². The molecule has 14 heavy (non-hydrogen) atoms. The minimum atomic E-state index is -0.905. The van der Waals surface area contributed by atoms with Crippen molar-refractivity contribution in [1.82, 2.24) is 0 Å². The maximum Gasteiger partial charge on any atom is 0.308 e. The molecule has 2 nitrogen and oxygen atoms in total. The summed E-state index contributed by atoms with van der Waals surface area (Å²) >= 11 is 0. The molecule has 0 unspecified atom stereocenters. The van der Waals surface area contributed by atoms with Crippen molar-refractivity contribution < 1.29 is 9.90 Å². The van der Waals surface area contributed by atoms with E-state index in [-0.39, 0.29) is 6.42 Å².